The van der Waals surface area contributed by atoms with Crippen molar-refractivity contribution in [2.45, 2.75) is 59.1 Å². The van der Waals surface area contributed by atoms with E-state index in [1.165, 1.54) is 6.92 Å². The number of Topliss-reactive ketones (excluding diaryl/α,β-unsaturated/α-hetero) is 1. The van der Waals surface area contributed by atoms with Crippen molar-refractivity contribution >= 4 is 17.8 Å². The third-order valence-electron chi connectivity index (χ3n) is 4.26. The molecule has 0 bridgehead atoms. The van der Waals surface area contributed by atoms with Gasteiger partial charge in [-0.15, -0.1) is 0 Å². The zero-order valence-corrected chi connectivity index (χ0v) is 18.6. The lowest BCUT2D eigenvalue weighted by Crippen LogP contribution is -2.44. The maximum Gasteiger partial charge on any atom is 0.408 e. The molecule has 1 atom stereocenters. The summed E-state index contributed by atoms with van der Waals surface area (Å²) in [6.07, 6.45) is 0.208. The zero-order chi connectivity index (χ0) is 23.0. The Morgan fingerprint density at radius 3 is 2.29 bits per heavy atom. The second-order valence-corrected chi connectivity index (χ2v) is 8.09. The van der Waals surface area contributed by atoms with Crippen LogP contribution >= 0.6 is 0 Å². The van der Waals surface area contributed by atoms with Crippen molar-refractivity contribution in [3.63, 3.8) is 0 Å². The minimum Gasteiger partial charge on any atom is -0.444 e. The molecule has 1 N–H and O–H groups in total. The number of amides is 1. The molecular formula is C24H29NO6. The van der Waals surface area contributed by atoms with E-state index in [4.69, 9.17) is 9.62 Å². The van der Waals surface area contributed by atoms with Crippen LogP contribution in [0, 0.1) is 0 Å². The second kappa shape index (κ2) is 10.6. The minimum atomic E-state index is -0.817. The topological polar surface area (TPSA) is 90.9 Å². The first-order valence-electron chi connectivity index (χ1n) is 10.1. The van der Waals surface area contributed by atoms with Crippen molar-refractivity contribution in [2.75, 3.05) is 0 Å². The molecule has 2 rings (SSSR count). The highest BCUT2D eigenvalue weighted by molar-refractivity contribution is 6.02. The van der Waals surface area contributed by atoms with Crippen molar-refractivity contribution in [1.29, 1.82) is 0 Å². The fraction of sp³-hybridized carbons (Fsp3) is 0.375. The van der Waals surface area contributed by atoms with Crippen LogP contribution in [0.5, 0.6) is 5.75 Å². The van der Waals surface area contributed by atoms with Gasteiger partial charge in [0.2, 0.25) is 0 Å². The summed E-state index contributed by atoms with van der Waals surface area (Å²) >= 11 is 0. The summed E-state index contributed by atoms with van der Waals surface area (Å²) in [5.41, 5.74) is 1.32. The van der Waals surface area contributed by atoms with E-state index in [1.807, 2.05) is 37.3 Å². The molecule has 166 valence electrons. The number of ether oxygens (including phenoxy) is 1. The molecule has 0 aliphatic rings. The predicted molar refractivity (Wildman–Crippen MR) is 116 cm³/mol. The number of benzene rings is 2. The van der Waals surface area contributed by atoms with Gasteiger partial charge in [0.1, 0.15) is 5.60 Å². The molecule has 0 unspecified atom stereocenters. The van der Waals surface area contributed by atoms with Gasteiger partial charge in [0.15, 0.2) is 11.5 Å². The molecule has 0 saturated carbocycles. The molecule has 0 fully saturated rings. The number of carbonyl (C=O) groups is 3. The molecule has 0 saturated heterocycles. The molecule has 0 aliphatic carbocycles. The minimum absolute atomic E-state index is 0.261. The van der Waals surface area contributed by atoms with Crippen LogP contribution in [-0.2, 0) is 27.3 Å². The summed E-state index contributed by atoms with van der Waals surface area (Å²) in [5, 5.41) is 2.70. The summed E-state index contributed by atoms with van der Waals surface area (Å²) in [6, 6.07) is 13.4. The Morgan fingerprint density at radius 2 is 1.71 bits per heavy atom. The van der Waals surface area contributed by atoms with E-state index in [0.29, 0.717) is 29.7 Å². The normalized spacial score (nSPS) is 11.9. The number of ketones is 1. The zero-order valence-electron chi connectivity index (χ0n) is 18.6. The van der Waals surface area contributed by atoms with Gasteiger partial charge in [-0.05, 0) is 56.5 Å². The Bertz CT molecular complexity index is 917. The summed E-state index contributed by atoms with van der Waals surface area (Å²) in [7, 11) is 0. The number of hydrogen-bond acceptors (Lipinski definition) is 6. The molecule has 0 aromatic heterocycles. The molecule has 1 amide bonds. The van der Waals surface area contributed by atoms with E-state index in [9.17, 15) is 14.4 Å². The van der Waals surface area contributed by atoms with E-state index in [0.717, 1.165) is 5.56 Å². The Kier molecular flexibility index (Phi) is 8.19. The first-order valence-corrected chi connectivity index (χ1v) is 10.1. The van der Waals surface area contributed by atoms with E-state index in [2.05, 4.69) is 10.2 Å². The van der Waals surface area contributed by atoms with Gasteiger partial charge in [0, 0.05) is 18.9 Å². The number of alkyl carbamates (subject to hydrolysis) is 1. The lowest BCUT2D eigenvalue weighted by atomic mass is 9.96. The van der Waals surface area contributed by atoms with Gasteiger partial charge >= 0.3 is 12.1 Å². The first-order chi connectivity index (χ1) is 14.6. The third kappa shape index (κ3) is 7.77. The SMILES string of the molecule is CCc1cc(C(=O)[C@H](Cc2ccccc2)NC(=O)OC(C)(C)C)ccc1OOC(C)=O. The number of carbonyl (C=O) groups excluding carboxylic acids is 3. The second-order valence-electron chi connectivity index (χ2n) is 8.09. The molecular weight excluding hydrogens is 398 g/mol. The van der Waals surface area contributed by atoms with Crippen LogP contribution < -0.4 is 10.2 Å². The van der Waals surface area contributed by atoms with E-state index in [-0.39, 0.29) is 5.78 Å². The van der Waals surface area contributed by atoms with Crippen LogP contribution in [0.25, 0.3) is 0 Å². The van der Waals surface area contributed by atoms with E-state index in [1.54, 1.807) is 39.0 Å². The van der Waals surface area contributed by atoms with Crippen LogP contribution in [0.15, 0.2) is 48.5 Å². The standard InChI is InChI=1S/C24H29NO6/c1-6-18-15-19(12-13-21(18)31-30-16(2)26)22(27)20(14-17-10-8-7-9-11-17)25-23(28)29-24(3,4)5/h7-13,15,20H,6,14H2,1-5H3,(H,25,28)/t20-/m0/s1. The van der Waals surface area contributed by atoms with Gasteiger partial charge in [0.25, 0.3) is 0 Å². The molecule has 7 nitrogen and oxygen atoms in total. The maximum atomic E-state index is 13.3. The molecule has 0 spiro atoms. The van der Waals surface area contributed by atoms with Crippen LogP contribution in [0.3, 0.4) is 0 Å². The molecule has 7 heteroatoms. The van der Waals surface area contributed by atoms with Crippen LogP contribution in [0.1, 0.15) is 56.1 Å². The lowest BCUT2D eigenvalue weighted by molar-refractivity contribution is -0.211. The van der Waals surface area contributed by atoms with Crippen molar-refractivity contribution < 1.29 is 28.9 Å². The van der Waals surface area contributed by atoms with Crippen molar-refractivity contribution in [3.05, 3.63) is 65.2 Å². The summed E-state index contributed by atoms with van der Waals surface area (Å²) in [5.74, 6) is -0.482. The highest BCUT2D eigenvalue weighted by atomic mass is 17.2. The maximum absolute atomic E-state index is 13.3. The average molecular weight is 427 g/mol. The monoisotopic (exact) mass is 427 g/mol. The van der Waals surface area contributed by atoms with Gasteiger partial charge < -0.3 is 10.1 Å². The number of nitrogens with one attached hydrogen (secondary N) is 1. The third-order valence-corrected chi connectivity index (χ3v) is 4.26. The fourth-order valence-corrected chi connectivity index (χ4v) is 2.90. The van der Waals surface area contributed by atoms with Crippen molar-refractivity contribution in [1.82, 2.24) is 5.32 Å². The van der Waals surface area contributed by atoms with Crippen LogP contribution in [0.4, 0.5) is 4.79 Å². The Morgan fingerprint density at radius 1 is 1.03 bits per heavy atom. The number of hydrogen-bond donors (Lipinski definition) is 1. The van der Waals surface area contributed by atoms with E-state index >= 15 is 0 Å². The molecule has 0 aliphatic heterocycles. The van der Waals surface area contributed by atoms with Crippen molar-refractivity contribution in [3.8, 4) is 5.75 Å². The van der Waals surface area contributed by atoms with Gasteiger partial charge in [-0.3, -0.25) is 14.6 Å². The van der Waals surface area contributed by atoms with Gasteiger partial charge in [-0.25, -0.2) is 9.59 Å². The summed E-state index contributed by atoms with van der Waals surface area (Å²) in [4.78, 5) is 46.3. The van der Waals surface area contributed by atoms with E-state index < -0.39 is 23.7 Å². The highest BCUT2D eigenvalue weighted by Crippen LogP contribution is 2.23. The van der Waals surface area contributed by atoms with Crippen molar-refractivity contribution in [2.24, 2.45) is 0 Å². The first kappa shape index (κ1) is 23.9. The highest BCUT2D eigenvalue weighted by Gasteiger charge is 2.26. The largest absolute Gasteiger partial charge is 0.444 e. The Balaban J connectivity index is 2.28. The van der Waals surface area contributed by atoms with Gasteiger partial charge in [0.05, 0.1) is 6.04 Å². The summed E-state index contributed by atoms with van der Waals surface area (Å²) < 4.78 is 5.34. The number of aryl methyl sites for hydroxylation is 1. The van der Waals surface area contributed by atoms with Crippen LogP contribution in [-0.4, -0.2) is 29.5 Å². The summed E-state index contributed by atoms with van der Waals surface area (Å²) in [6.45, 7) is 8.41. The van der Waals surface area contributed by atoms with Gasteiger partial charge in [-0.2, -0.15) is 0 Å². The Hall–Kier alpha value is -3.35. The van der Waals surface area contributed by atoms with Crippen LogP contribution in [0.2, 0.25) is 0 Å². The lowest BCUT2D eigenvalue weighted by Gasteiger charge is -2.23. The van der Waals surface area contributed by atoms with Gasteiger partial charge in [-0.1, -0.05) is 37.3 Å². The molecule has 31 heavy (non-hydrogen) atoms. The molecule has 2 aromatic rings. The number of rotatable bonds is 8. The Labute approximate surface area is 182 Å². The molecule has 2 aromatic carbocycles. The molecule has 0 radical (unpaired) electrons. The predicted octanol–water partition coefficient (Wildman–Crippen LogP) is 4.42. The molecule has 0 heterocycles. The smallest absolute Gasteiger partial charge is 0.408 e. The average Bonchev–Trinajstić information content (AvgIpc) is 2.70. The fourth-order valence-electron chi connectivity index (χ4n) is 2.90. The quantitative estimate of drug-likeness (QED) is 0.381.